The van der Waals surface area contributed by atoms with Crippen LogP contribution in [0.1, 0.15) is 20.7 Å². The molecule has 3 aromatic carbocycles. The van der Waals surface area contributed by atoms with Crippen molar-refractivity contribution in [2.75, 3.05) is 6.61 Å². The fraction of sp³-hybridized carbons (Fsp3) is 0.0526. The molecule has 124 valence electrons. The molecular formula is C19H13NO5. The fourth-order valence-electron chi connectivity index (χ4n) is 2.56. The second-order valence-electron chi connectivity index (χ2n) is 5.30. The summed E-state index contributed by atoms with van der Waals surface area (Å²) in [6.07, 6.45) is 0. The molecule has 0 radical (unpaired) electrons. The molecular weight excluding hydrogens is 322 g/mol. The molecule has 0 aromatic heterocycles. The number of fused-ring (bicyclic) bond motifs is 1. The molecule has 0 aliphatic rings. The van der Waals surface area contributed by atoms with Crippen molar-refractivity contribution in [3.63, 3.8) is 0 Å². The third-order valence-corrected chi connectivity index (χ3v) is 3.75. The predicted octanol–water partition coefficient (Wildman–Crippen LogP) is 3.79. The third kappa shape index (κ3) is 3.37. The van der Waals surface area contributed by atoms with E-state index in [1.165, 1.54) is 24.3 Å². The van der Waals surface area contributed by atoms with Gasteiger partial charge in [-0.25, -0.2) is 4.79 Å². The smallest absolute Gasteiger partial charge is 0.345 e. The zero-order chi connectivity index (χ0) is 17.8. The van der Waals surface area contributed by atoms with Gasteiger partial charge >= 0.3 is 5.97 Å². The Morgan fingerprint density at radius 2 is 1.52 bits per heavy atom. The maximum Gasteiger partial charge on any atom is 0.345 e. The summed E-state index contributed by atoms with van der Waals surface area (Å²) in [5.41, 5.74) is -0.100. The van der Waals surface area contributed by atoms with Crippen molar-refractivity contribution in [2.45, 2.75) is 0 Å². The molecule has 0 aliphatic heterocycles. The molecule has 0 aliphatic carbocycles. The van der Waals surface area contributed by atoms with Crippen molar-refractivity contribution in [1.29, 1.82) is 0 Å². The van der Waals surface area contributed by atoms with Crippen molar-refractivity contribution >= 4 is 28.2 Å². The van der Waals surface area contributed by atoms with Crippen LogP contribution in [0, 0.1) is 10.1 Å². The molecule has 6 nitrogen and oxygen atoms in total. The number of benzene rings is 3. The molecule has 0 saturated carbocycles. The van der Waals surface area contributed by atoms with E-state index in [0.717, 1.165) is 10.8 Å². The standard InChI is InChI=1S/C19H13NO5/c21-18(15-10-5-7-13-6-1-2-8-14(13)15)12-25-19(22)16-9-3-4-11-17(16)20(23)24/h1-11H,12H2. The molecule has 0 unspecified atom stereocenters. The summed E-state index contributed by atoms with van der Waals surface area (Å²) < 4.78 is 4.99. The van der Waals surface area contributed by atoms with Crippen molar-refractivity contribution in [2.24, 2.45) is 0 Å². The number of hydrogen-bond acceptors (Lipinski definition) is 5. The number of ether oxygens (including phenoxy) is 1. The third-order valence-electron chi connectivity index (χ3n) is 3.75. The lowest BCUT2D eigenvalue weighted by atomic mass is 10.0. The van der Waals surface area contributed by atoms with Crippen LogP contribution in [0.3, 0.4) is 0 Å². The Labute approximate surface area is 142 Å². The Kier molecular flexibility index (Phi) is 4.52. The van der Waals surface area contributed by atoms with Gasteiger partial charge in [0.1, 0.15) is 5.56 Å². The van der Waals surface area contributed by atoms with Crippen LogP contribution in [0.25, 0.3) is 10.8 Å². The number of ketones is 1. The van der Waals surface area contributed by atoms with Gasteiger partial charge in [0, 0.05) is 11.6 Å². The van der Waals surface area contributed by atoms with E-state index in [0.29, 0.717) is 5.56 Å². The first-order chi connectivity index (χ1) is 12.1. The van der Waals surface area contributed by atoms with Crippen LogP contribution in [-0.4, -0.2) is 23.3 Å². The number of esters is 1. The zero-order valence-corrected chi connectivity index (χ0v) is 13.0. The Bertz CT molecular complexity index is 975. The highest BCUT2D eigenvalue weighted by molar-refractivity contribution is 6.09. The Hall–Kier alpha value is -3.54. The van der Waals surface area contributed by atoms with E-state index in [-0.39, 0.29) is 17.0 Å². The van der Waals surface area contributed by atoms with Gasteiger partial charge in [-0.2, -0.15) is 0 Å². The van der Waals surface area contributed by atoms with E-state index >= 15 is 0 Å². The molecule has 0 heterocycles. The average molecular weight is 335 g/mol. The summed E-state index contributed by atoms with van der Waals surface area (Å²) in [5.74, 6) is -1.27. The number of Topliss-reactive ketones (excluding diaryl/α,β-unsaturated/α-hetero) is 1. The van der Waals surface area contributed by atoms with Crippen LogP contribution < -0.4 is 0 Å². The number of nitrogens with zero attached hydrogens (tertiary/aromatic N) is 1. The van der Waals surface area contributed by atoms with E-state index in [2.05, 4.69) is 0 Å². The summed E-state index contributed by atoms with van der Waals surface area (Å²) in [6.45, 7) is -0.487. The number of nitro benzene ring substituents is 1. The fourth-order valence-corrected chi connectivity index (χ4v) is 2.56. The minimum Gasteiger partial charge on any atom is -0.454 e. The largest absolute Gasteiger partial charge is 0.454 e. The van der Waals surface area contributed by atoms with Crippen molar-refractivity contribution < 1.29 is 19.2 Å². The first-order valence-corrected chi connectivity index (χ1v) is 7.49. The quantitative estimate of drug-likeness (QED) is 0.306. The van der Waals surface area contributed by atoms with E-state index in [9.17, 15) is 19.7 Å². The van der Waals surface area contributed by atoms with E-state index < -0.39 is 17.5 Å². The first-order valence-electron chi connectivity index (χ1n) is 7.49. The van der Waals surface area contributed by atoms with Crippen molar-refractivity contribution in [1.82, 2.24) is 0 Å². The summed E-state index contributed by atoms with van der Waals surface area (Å²) >= 11 is 0. The lowest BCUT2D eigenvalue weighted by Crippen LogP contribution is -2.15. The van der Waals surface area contributed by atoms with Crippen LogP contribution in [0.5, 0.6) is 0 Å². The Morgan fingerprint density at radius 1 is 0.880 bits per heavy atom. The molecule has 3 rings (SSSR count). The molecule has 0 saturated heterocycles. The van der Waals surface area contributed by atoms with Gasteiger partial charge in [0.2, 0.25) is 5.78 Å². The average Bonchev–Trinajstić information content (AvgIpc) is 2.65. The van der Waals surface area contributed by atoms with E-state index in [4.69, 9.17) is 4.74 Å². The maximum absolute atomic E-state index is 12.4. The number of carbonyl (C=O) groups excluding carboxylic acids is 2. The Balaban J connectivity index is 1.78. The number of carbonyl (C=O) groups is 2. The summed E-state index contributed by atoms with van der Waals surface area (Å²) in [4.78, 5) is 34.8. The van der Waals surface area contributed by atoms with Gasteiger partial charge < -0.3 is 4.74 Å². The second kappa shape index (κ2) is 6.92. The van der Waals surface area contributed by atoms with Gasteiger partial charge in [-0.3, -0.25) is 14.9 Å². The first kappa shape index (κ1) is 16.3. The zero-order valence-electron chi connectivity index (χ0n) is 13.0. The predicted molar refractivity (Wildman–Crippen MR) is 91.7 cm³/mol. The lowest BCUT2D eigenvalue weighted by molar-refractivity contribution is -0.385. The number of rotatable bonds is 5. The van der Waals surface area contributed by atoms with Crippen molar-refractivity contribution in [3.05, 3.63) is 88.0 Å². The number of nitro groups is 1. The van der Waals surface area contributed by atoms with Crippen LogP contribution >= 0.6 is 0 Å². The monoisotopic (exact) mass is 335 g/mol. The summed E-state index contributed by atoms with van der Waals surface area (Å²) in [5, 5.41) is 12.6. The molecule has 6 heteroatoms. The van der Waals surface area contributed by atoms with Gasteiger partial charge in [0.15, 0.2) is 6.61 Å². The molecule has 0 atom stereocenters. The van der Waals surface area contributed by atoms with Gasteiger partial charge in [-0.15, -0.1) is 0 Å². The lowest BCUT2D eigenvalue weighted by Gasteiger charge is -2.07. The van der Waals surface area contributed by atoms with Gasteiger partial charge in [-0.1, -0.05) is 54.6 Å². The summed E-state index contributed by atoms with van der Waals surface area (Å²) in [7, 11) is 0. The minimum absolute atomic E-state index is 0.182. The Morgan fingerprint density at radius 3 is 2.32 bits per heavy atom. The molecule has 0 bridgehead atoms. The van der Waals surface area contributed by atoms with E-state index in [1.54, 1.807) is 12.1 Å². The van der Waals surface area contributed by atoms with Crippen LogP contribution in [0.2, 0.25) is 0 Å². The highest BCUT2D eigenvalue weighted by Gasteiger charge is 2.21. The normalized spacial score (nSPS) is 10.4. The number of hydrogen-bond donors (Lipinski definition) is 0. The SMILES string of the molecule is O=C(OCC(=O)c1cccc2ccccc12)c1ccccc1[N+](=O)[O-]. The van der Waals surface area contributed by atoms with Crippen LogP contribution in [0.4, 0.5) is 5.69 Å². The van der Waals surface area contributed by atoms with E-state index in [1.807, 2.05) is 30.3 Å². The van der Waals surface area contributed by atoms with Crippen molar-refractivity contribution in [3.8, 4) is 0 Å². The van der Waals surface area contributed by atoms with Crippen LogP contribution in [-0.2, 0) is 4.74 Å². The highest BCUT2D eigenvalue weighted by Crippen LogP contribution is 2.21. The second-order valence-corrected chi connectivity index (χ2v) is 5.30. The van der Waals surface area contributed by atoms with Gasteiger partial charge in [-0.05, 0) is 16.8 Å². The maximum atomic E-state index is 12.4. The molecule has 0 amide bonds. The molecule has 0 fully saturated rings. The van der Waals surface area contributed by atoms with Gasteiger partial charge in [0.05, 0.1) is 4.92 Å². The van der Waals surface area contributed by atoms with Gasteiger partial charge in [0.25, 0.3) is 5.69 Å². The summed E-state index contributed by atoms with van der Waals surface area (Å²) in [6, 6.07) is 18.1. The highest BCUT2D eigenvalue weighted by atomic mass is 16.6. The molecule has 0 N–H and O–H groups in total. The molecule has 25 heavy (non-hydrogen) atoms. The topological polar surface area (TPSA) is 86.5 Å². The number of para-hydroxylation sites is 1. The minimum atomic E-state index is -0.902. The van der Waals surface area contributed by atoms with Crippen LogP contribution in [0.15, 0.2) is 66.7 Å². The molecule has 0 spiro atoms. The molecule has 3 aromatic rings.